The van der Waals surface area contributed by atoms with Crippen molar-refractivity contribution in [2.75, 3.05) is 0 Å². The Labute approximate surface area is 180 Å². The molecule has 1 N–H and O–H groups in total. The topological polar surface area (TPSA) is 68.3 Å². The van der Waals surface area contributed by atoms with Gasteiger partial charge in [0.15, 0.2) is 0 Å². The van der Waals surface area contributed by atoms with E-state index in [-0.39, 0.29) is 11.2 Å². The quantitative estimate of drug-likeness (QED) is 0.372. The molecule has 5 aromatic rings. The molecule has 5 rings (SSSR count). The lowest BCUT2D eigenvalue weighted by Gasteiger charge is -2.07. The van der Waals surface area contributed by atoms with Gasteiger partial charge >= 0.3 is 0 Å². The lowest BCUT2D eigenvalue weighted by Crippen LogP contribution is -2.08. The summed E-state index contributed by atoms with van der Waals surface area (Å²) in [5.74, 6) is 0.0465. The van der Waals surface area contributed by atoms with Crippen molar-refractivity contribution in [3.8, 4) is 34.0 Å². The zero-order valence-electron chi connectivity index (χ0n) is 15.6. The molecule has 0 aliphatic carbocycles. The minimum atomic E-state index is -0.185. The zero-order chi connectivity index (χ0) is 20.7. The predicted molar refractivity (Wildman–Crippen MR) is 120 cm³/mol. The van der Waals surface area contributed by atoms with Crippen molar-refractivity contribution >= 4 is 26.9 Å². The standard InChI is InChI=1S/C24H15BrN2O3/c25-16-8-6-15(7-9-16)21-13-22(27(26-21)17-4-2-1-3-5-17)20-14-30-23-12-18(28)10-11-19(23)24(20)29/h1-14,28H. The van der Waals surface area contributed by atoms with Crippen LogP contribution in [0.2, 0.25) is 0 Å². The van der Waals surface area contributed by atoms with Crippen LogP contribution >= 0.6 is 15.9 Å². The van der Waals surface area contributed by atoms with Crippen molar-refractivity contribution in [3.63, 3.8) is 0 Å². The number of aromatic nitrogens is 2. The summed E-state index contributed by atoms with van der Waals surface area (Å²) in [4.78, 5) is 13.2. The fourth-order valence-electron chi connectivity index (χ4n) is 3.39. The van der Waals surface area contributed by atoms with Crippen LogP contribution in [0.25, 0.3) is 39.2 Å². The van der Waals surface area contributed by atoms with Gasteiger partial charge in [-0.3, -0.25) is 4.79 Å². The second-order valence-corrected chi connectivity index (χ2v) is 7.74. The van der Waals surface area contributed by atoms with Crippen molar-refractivity contribution in [1.82, 2.24) is 9.78 Å². The van der Waals surface area contributed by atoms with Gasteiger partial charge in [-0.25, -0.2) is 4.68 Å². The van der Waals surface area contributed by atoms with Crippen molar-refractivity contribution in [3.05, 3.63) is 99.8 Å². The molecule has 0 aliphatic heterocycles. The Morgan fingerprint density at radius 2 is 1.70 bits per heavy atom. The second kappa shape index (κ2) is 7.31. The molecule has 0 spiro atoms. The van der Waals surface area contributed by atoms with Gasteiger partial charge in [-0.05, 0) is 42.5 Å². The number of fused-ring (bicyclic) bond motifs is 1. The van der Waals surface area contributed by atoms with Crippen LogP contribution in [0, 0.1) is 0 Å². The number of para-hydroxylation sites is 1. The molecule has 146 valence electrons. The van der Waals surface area contributed by atoms with E-state index in [4.69, 9.17) is 9.52 Å². The van der Waals surface area contributed by atoms with Gasteiger partial charge in [0.2, 0.25) is 5.43 Å². The van der Waals surface area contributed by atoms with Crippen LogP contribution in [-0.2, 0) is 0 Å². The molecule has 0 amide bonds. The SMILES string of the molecule is O=c1c(-c2cc(-c3ccc(Br)cc3)nn2-c2ccccc2)coc2cc(O)ccc12. The number of phenols is 1. The third-order valence-electron chi connectivity index (χ3n) is 4.88. The lowest BCUT2D eigenvalue weighted by molar-refractivity contribution is 0.474. The Balaban J connectivity index is 1.76. The Bertz CT molecular complexity index is 1420. The van der Waals surface area contributed by atoms with E-state index in [1.165, 1.54) is 18.4 Å². The smallest absolute Gasteiger partial charge is 0.202 e. The molecule has 2 heterocycles. The Hall–Kier alpha value is -3.64. The number of halogens is 1. The van der Waals surface area contributed by atoms with Crippen molar-refractivity contribution in [2.45, 2.75) is 0 Å². The fourth-order valence-corrected chi connectivity index (χ4v) is 3.66. The van der Waals surface area contributed by atoms with Gasteiger partial charge in [-0.1, -0.05) is 46.3 Å². The van der Waals surface area contributed by atoms with Crippen LogP contribution in [0.1, 0.15) is 0 Å². The Morgan fingerprint density at radius 1 is 0.933 bits per heavy atom. The van der Waals surface area contributed by atoms with Crippen LogP contribution < -0.4 is 5.43 Å². The molecule has 0 aliphatic rings. The molecule has 30 heavy (non-hydrogen) atoms. The summed E-state index contributed by atoms with van der Waals surface area (Å²) in [6, 6.07) is 23.8. The summed E-state index contributed by atoms with van der Waals surface area (Å²) < 4.78 is 8.40. The maximum absolute atomic E-state index is 13.2. The zero-order valence-corrected chi connectivity index (χ0v) is 17.2. The van der Waals surface area contributed by atoms with Crippen molar-refractivity contribution in [2.24, 2.45) is 0 Å². The number of hydrogen-bond acceptors (Lipinski definition) is 4. The predicted octanol–water partition coefficient (Wildman–Crippen LogP) is 5.78. The molecular weight excluding hydrogens is 444 g/mol. The maximum atomic E-state index is 13.2. The highest BCUT2D eigenvalue weighted by Crippen LogP contribution is 2.29. The number of phenolic OH excluding ortho intramolecular Hbond substituents is 1. The molecule has 0 atom stereocenters. The minimum absolute atomic E-state index is 0.0465. The third-order valence-corrected chi connectivity index (χ3v) is 5.41. The molecule has 3 aromatic carbocycles. The highest BCUT2D eigenvalue weighted by atomic mass is 79.9. The van der Waals surface area contributed by atoms with Crippen LogP contribution in [0.3, 0.4) is 0 Å². The number of nitrogens with zero attached hydrogens (tertiary/aromatic N) is 2. The van der Waals surface area contributed by atoms with E-state index < -0.39 is 0 Å². The molecule has 2 aromatic heterocycles. The van der Waals surface area contributed by atoms with E-state index in [1.54, 1.807) is 10.7 Å². The van der Waals surface area contributed by atoms with Crippen LogP contribution in [0.15, 0.2) is 98.8 Å². The monoisotopic (exact) mass is 458 g/mol. The highest BCUT2D eigenvalue weighted by Gasteiger charge is 2.18. The van der Waals surface area contributed by atoms with Crippen LogP contribution in [-0.4, -0.2) is 14.9 Å². The number of benzene rings is 3. The second-order valence-electron chi connectivity index (χ2n) is 6.83. The summed E-state index contributed by atoms with van der Waals surface area (Å²) in [5.41, 5.74) is 3.69. The fraction of sp³-hybridized carbons (Fsp3) is 0. The number of aromatic hydroxyl groups is 1. The first kappa shape index (κ1) is 18.4. The number of rotatable bonds is 3. The van der Waals surface area contributed by atoms with E-state index in [2.05, 4.69) is 15.9 Å². The third kappa shape index (κ3) is 3.21. The van der Waals surface area contributed by atoms with E-state index in [1.807, 2.05) is 60.7 Å². The molecule has 0 bridgehead atoms. The normalized spacial score (nSPS) is 11.1. The molecule has 0 unspecified atom stereocenters. The summed E-state index contributed by atoms with van der Waals surface area (Å²) in [7, 11) is 0. The van der Waals surface area contributed by atoms with E-state index in [0.717, 1.165) is 21.4 Å². The highest BCUT2D eigenvalue weighted by molar-refractivity contribution is 9.10. The Morgan fingerprint density at radius 3 is 2.47 bits per heavy atom. The Kier molecular flexibility index (Phi) is 4.48. The average Bonchev–Trinajstić information content (AvgIpc) is 3.20. The number of hydrogen-bond donors (Lipinski definition) is 1. The van der Waals surface area contributed by atoms with Gasteiger partial charge < -0.3 is 9.52 Å². The van der Waals surface area contributed by atoms with E-state index in [9.17, 15) is 9.90 Å². The lowest BCUT2D eigenvalue weighted by atomic mass is 10.1. The van der Waals surface area contributed by atoms with E-state index in [0.29, 0.717) is 22.2 Å². The van der Waals surface area contributed by atoms with Crippen LogP contribution in [0.4, 0.5) is 0 Å². The molecule has 0 saturated heterocycles. The first-order valence-corrected chi connectivity index (χ1v) is 10.1. The van der Waals surface area contributed by atoms with Gasteiger partial charge in [-0.15, -0.1) is 0 Å². The molecule has 5 nitrogen and oxygen atoms in total. The van der Waals surface area contributed by atoms with Gasteiger partial charge in [0.05, 0.1) is 28.0 Å². The van der Waals surface area contributed by atoms with Gasteiger partial charge in [0.25, 0.3) is 0 Å². The maximum Gasteiger partial charge on any atom is 0.202 e. The van der Waals surface area contributed by atoms with Gasteiger partial charge in [-0.2, -0.15) is 5.10 Å². The largest absolute Gasteiger partial charge is 0.508 e. The first-order valence-electron chi connectivity index (χ1n) is 9.26. The summed E-state index contributed by atoms with van der Waals surface area (Å²) >= 11 is 3.45. The summed E-state index contributed by atoms with van der Waals surface area (Å²) in [6.45, 7) is 0. The molecular formula is C24H15BrN2O3. The molecule has 0 fully saturated rings. The van der Waals surface area contributed by atoms with Crippen molar-refractivity contribution < 1.29 is 9.52 Å². The van der Waals surface area contributed by atoms with Gasteiger partial charge in [0, 0.05) is 16.1 Å². The molecule has 0 saturated carbocycles. The van der Waals surface area contributed by atoms with Crippen molar-refractivity contribution in [1.29, 1.82) is 0 Å². The first-order chi connectivity index (χ1) is 14.6. The average molecular weight is 459 g/mol. The molecule has 0 radical (unpaired) electrons. The van der Waals surface area contributed by atoms with Crippen LogP contribution in [0.5, 0.6) is 5.75 Å². The van der Waals surface area contributed by atoms with E-state index >= 15 is 0 Å². The van der Waals surface area contributed by atoms with Gasteiger partial charge in [0.1, 0.15) is 17.6 Å². The molecule has 6 heteroatoms. The summed E-state index contributed by atoms with van der Waals surface area (Å²) in [6.07, 6.45) is 1.42. The summed E-state index contributed by atoms with van der Waals surface area (Å²) in [5, 5.41) is 14.8. The minimum Gasteiger partial charge on any atom is -0.508 e.